The SMILES string of the molecule is CC1CN(C(=O)CCCCSc2nnc(-c3ccccc3)n2-c2ccccc2)CCN1. The van der Waals surface area contributed by atoms with Crippen LogP contribution in [0.4, 0.5) is 0 Å². The molecule has 2 heterocycles. The van der Waals surface area contributed by atoms with Gasteiger partial charge in [0, 0.05) is 49.1 Å². The van der Waals surface area contributed by atoms with Crippen molar-refractivity contribution in [2.24, 2.45) is 0 Å². The summed E-state index contributed by atoms with van der Waals surface area (Å²) in [6, 6.07) is 20.8. The average molecular weight is 436 g/mol. The number of nitrogens with zero attached hydrogens (tertiary/aromatic N) is 4. The number of benzene rings is 2. The Kier molecular flexibility index (Phi) is 7.38. The van der Waals surface area contributed by atoms with Gasteiger partial charge >= 0.3 is 0 Å². The van der Waals surface area contributed by atoms with Crippen molar-refractivity contribution >= 4 is 17.7 Å². The molecule has 0 saturated carbocycles. The molecule has 2 aromatic carbocycles. The average Bonchev–Trinajstić information content (AvgIpc) is 3.24. The van der Waals surface area contributed by atoms with Crippen molar-refractivity contribution in [2.75, 3.05) is 25.4 Å². The van der Waals surface area contributed by atoms with Crippen molar-refractivity contribution in [3.05, 3.63) is 60.7 Å². The van der Waals surface area contributed by atoms with E-state index in [1.165, 1.54) is 0 Å². The van der Waals surface area contributed by atoms with Crippen LogP contribution in [0.3, 0.4) is 0 Å². The summed E-state index contributed by atoms with van der Waals surface area (Å²) in [5, 5.41) is 13.2. The summed E-state index contributed by atoms with van der Waals surface area (Å²) in [6.07, 6.45) is 2.49. The van der Waals surface area contributed by atoms with Crippen LogP contribution in [0.1, 0.15) is 26.2 Å². The summed E-state index contributed by atoms with van der Waals surface area (Å²) in [6.45, 7) is 4.65. The van der Waals surface area contributed by atoms with Gasteiger partial charge in [0.15, 0.2) is 11.0 Å². The molecule has 1 aliphatic heterocycles. The molecule has 1 aliphatic rings. The summed E-state index contributed by atoms with van der Waals surface area (Å²) >= 11 is 1.70. The molecule has 6 nitrogen and oxygen atoms in total. The van der Waals surface area contributed by atoms with E-state index in [1.807, 2.05) is 41.3 Å². The zero-order valence-corrected chi connectivity index (χ0v) is 18.7. The minimum atomic E-state index is 0.275. The zero-order valence-electron chi connectivity index (χ0n) is 17.9. The van der Waals surface area contributed by atoms with Gasteiger partial charge in [-0.05, 0) is 31.9 Å². The van der Waals surface area contributed by atoms with E-state index in [-0.39, 0.29) is 5.91 Å². The number of carbonyl (C=O) groups excluding carboxylic acids is 1. The minimum absolute atomic E-state index is 0.275. The van der Waals surface area contributed by atoms with Crippen LogP contribution in [-0.4, -0.2) is 57.0 Å². The van der Waals surface area contributed by atoms with Gasteiger partial charge in [0.05, 0.1) is 0 Å². The Hall–Kier alpha value is -2.64. The predicted octanol–water partition coefficient (Wildman–Crippen LogP) is 4.02. The van der Waals surface area contributed by atoms with Gasteiger partial charge in [-0.3, -0.25) is 9.36 Å². The van der Waals surface area contributed by atoms with E-state index in [9.17, 15) is 4.79 Å². The first kappa shape index (κ1) is 21.6. The maximum atomic E-state index is 12.4. The number of rotatable bonds is 8. The lowest BCUT2D eigenvalue weighted by Gasteiger charge is -2.32. The van der Waals surface area contributed by atoms with Crippen molar-refractivity contribution in [2.45, 2.75) is 37.4 Å². The first-order valence-corrected chi connectivity index (χ1v) is 11.9. The lowest BCUT2D eigenvalue weighted by molar-refractivity contribution is -0.132. The number of carbonyl (C=O) groups is 1. The number of nitrogens with one attached hydrogen (secondary N) is 1. The van der Waals surface area contributed by atoms with Crippen molar-refractivity contribution in [1.82, 2.24) is 25.0 Å². The number of unbranched alkanes of at least 4 members (excludes halogenated alkanes) is 1. The van der Waals surface area contributed by atoms with Crippen LogP contribution in [0.5, 0.6) is 0 Å². The van der Waals surface area contributed by atoms with E-state index < -0.39 is 0 Å². The van der Waals surface area contributed by atoms with E-state index in [0.29, 0.717) is 12.5 Å². The molecule has 0 radical (unpaired) electrons. The highest BCUT2D eigenvalue weighted by molar-refractivity contribution is 7.99. The molecule has 31 heavy (non-hydrogen) atoms. The van der Waals surface area contributed by atoms with E-state index >= 15 is 0 Å². The fraction of sp³-hybridized carbons (Fsp3) is 0.375. The molecule has 1 atom stereocenters. The van der Waals surface area contributed by atoms with Gasteiger partial charge in [-0.15, -0.1) is 10.2 Å². The quantitative estimate of drug-likeness (QED) is 0.428. The van der Waals surface area contributed by atoms with Crippen molar-refractivity contribution in [3.63, 3.8) is 0 Å². The first-order chi connectivity index (χ1) is 15.2. The second-order valence-corrected chi connectivity index (χ2v) is 8.91. The standard InChI is InChI=1S/C24H29N5OS/c1-19-18-28(16-15-25-19)22(30)14-8-9-17-31-24-27-26-23(20-10-4-2-5-11-20)29(24)21-12-6-3-7-13-21/h2-7,10-13,19,25H,8-9,14-18H2,1H3. The van der Waals surface area contributed by atoms with Gasteiger partial charge in [-0.25, -0.2) is 0 Å². The summed E-state index contributed by atoms with van der Waals surface area (Å²) in [7, 11) is 0. The monoisotopic (exact) mass is 435 g/mol. The van der Waals surface area contributed by atoms with Gasteiger partial charge in [0.25, 0.3) is 0 Å². The number of para-hydroxylation sites is 1. The minimum Gasteiger partial charge on any atom is -0.340 e. The van der Waals surface area contributed by atoms with Crippen LogP contribution in [0.2, 0.25) is 0 Å². The molecule has 0 spiro atoms. The molecule has 4 rings (SSSR count). The van der Waals surface area contributed by atoms with E-state index in [1.54, 1.807) is 11.8 Å². The third kappa shape index (κ3) is 5.54. The molecule has 1 fully saturated rings. The second kappa shape index (κ2) is 10.6. The Labute approximate surface area is 188 Å². The fourth-order valence-electron chi connectivity index (χ4n) is 3.81. The lowest BCUT2D eigenvalue weighted by Crippen LogP contribution is -2.51. The Morgan fingerprint density at radius 1 is 1.06 bits per heavy atom. The number of aromatic nitrogens is 3. The van der Waals surface area contributed by atoms with Gasteiger partial charge in [-0.1, -0.05) is 60.3 Å². The smallest absolute Gasteiger partial charge is 0.222 e. The maximum absolute atomic E-state index is 12.4. The third-order valence-corrected chi connectivity index (χ3v) is 6.43. The number of hydrogen-bond acceptors (Lipinski definition) is 5. The molecule has 3 aromatic rings. The highest BCUT2D eigenvalue weighted by atomic mass is 32.2. The number of piperazine rings is 1. The Morgan fingerprint density at radius 3 is 2.55 bits per heavy atom. The third-order valence-electron chi connectivity index (χ3n) is 5.42. The summed E-state index contributed by atoms with van der Waals surface area (Å²) < 4.78 is 2.12. The number of amides is 1. The fourth-order valence-corrected chi connectivity index (χ4v) is 4.76. The van der Waals surface area contributed by atoms with Gasteiger partial charge in [0.2, 0.25) is 5.91 Å². The molecule has 1 N–H and O–H groups in total. The number of hydrogen-bond donors (Lipinski definition) is 1. The Morgan fingerprint density at radius 2 is 1.81 bits per heavy atom. The molecular weight excluding hydrogens is 406 g/mol. The van der Waals surface area contributed by atoms with Crippen molar-refractivity contribution < 1.29 is 4.79 Å². The van der Waals surface area contributed by atoms with Crippen LogP contribution in [0.15, 0.2) is 65.8 Å². The van der Waals surface area contributed by atoms with Crippen LogP contribution in [-0.2, 0) is 4.79 Å². The zero-order chi connectivity index (χ0) is 21.5. The Bertz CT molecular complexity index is 976. The van der Waals surface area contributed by atoms with Crippen LogP contribution in [0, 0.1) is 0 Å². The molecule has 0 bridgehead atoms. The largest absolute Gasteiger partial charge is 0.340 e. The van der Waals surface area contributed by atoms with Crippen molar-refractivity contribution in [1.29, 1.82) is 0 Å². The number of thioether (sulfide) groups is 1. The van der Waals surface area contributed by atoms with E-state index in [4.69, 9.17) is 0 Å². The normalized spacial score (nSPS) is 16.4. The first-order valence-electron chi connectivity index (χ1n) is 10.9. The van der Waals surface area contributed by atoms with Gasteiger partial charge in [-0.2, -0.15) is 0 Å². The summed E-state index contributed by atoms with van der Waals surface area (Å²) in [4.78, 5) is 14.4. The molecule has 1 saturated heterocycles. The molecule has 1 unspecified atom stereocenters. The van der Waals surface area contributed by atoms with Gasteiger partial charge in [0.1, 0.15) is 0 Å². The lowest BCUT2D eigenvalue weighted by atomic mass is 10.2. The molecule has 1 amide bonds. The molecular formula is C24H29N5OS. The maximum Gasteiger partial charge on any atom is 0.222 e. The highest BCUT2D eigenvalue weighted by Crippen LogP contribution is 2.28. The predicted molar refractivity (Wildman–Crippen MR) is 125 cm³/mol. The van der Waals surface area contributed by atoms with Crippen LogP contribution < -0.4 is 5.32 Å². The molecule has 7 heteroatoms. The van der Waals surface area contributed by atoms with Crippen molar-refractivity contribution in [3.8, 4) is 17.1 Å². The van der Waals surface area contributed by atoms with Gasteiger partial charge < -0.3 is 10.2 Å². The molecule has 162 valence electrons. The second-order valence-electron chi connectivity index (χ2n) is 7.84. The topological polar surface area (TPSA) is 63.1 Å². The van der Waals surface area contributed by atoms with Crippen LogP contribution >= 0.6 is 11.8 Å². The Balaban J connectivity index is 1.36. The molecule has 1 aromatic heterocycles. The molecule has 0 aliphatic carbocycles. The summed E-state index contributed by atoms with van der Waals surface area (Å²) in [5.74, 6) is 2.03. The highest BCUT2D eigenvalue weighted by Gasteiger charge is 2.20. The van der Waals surface area contributed by atoms with E-state index in [0.717, 1.165) is 60.5 Å². The van der Waals surface area contributed by atoms with E-state index in [2.05, 4.69) is 51.3 Å². The summed E-state index contributed by atoms with van der Waals surface area (Å²) in [5.41, 5.74) is 2.10. The van der Waals surface area contributed by atoms with Crippen LogP contribution in [0.25, 0.3) is 17.1 Å².